The maximum absolute atomic E-state index is 12.6. The Hall–Kier alpha value is -2.90. The molecule has 0 atom stereocenters. The van der Waals surface area contributed by atoms with E-state index in [0.29, 0.717) is 17.2 Å². The Bertz CT molecular complexity index is 1090. The van der Waals surface area contributed by atoms with Gasteiger partial charge in [-0.2, -0.15) is 0 Å². The zero-order valence-electron chi connectivity index (χ0n) is 17.9. The van der Waals surface area contributed by atoms with Gasteiger partial charge in [0, 0.05) is 21.5 Å². The van der Waals surface area contributed by atoms with Crippen molar-refractivity contribution in [1.82, 2.24) is 0 Å². The fraction of sp³-hybridized carbons (Fsp3) is 0.200. The van der Waals surface area contributed by atoms with Crippen molar-refractivity contribution >= 4 is 50.2 Å². The highest BCUT2D eigenvalue weighted by atomic mass is 79.9. The van der Waals surface area contributed by atoms with Crippen LogP contribution in [-0.2, 0) is 9.53 Å². The molecule has 0 aliphatic heterocycles. The minimum atomic E-state index is -0.464. The van der Waals surface area contributed by atoms with Crippen molar-refractivity contribution in [3.05, 3.63) is 75.6 Å². The fourth-order valence-corrected chi connectivity index (χ4v) is 4.14. The average molecular weight is 514 g/mol. The number of carbonyl (C=O) groups is 2. The third-order valence-electron chi connectivity index (χ3n) is 4.44. The molecule has 0 saturated carbocycles. The molecule has 0 radical (unpaired) electrons. The Labute approximate surface area is 200 Å². The summed E-state index contributed by atoms with van der Waals surface area (Å²) in [4.78, 5) is 25.2. The van der Waals surface area contributed by atoms with Gasteiger partial charge in [0.25, 0.3) is 0 Å². The molecule has 0 fully saturated rings. The van der Waals surface area contributed by atoms with E-state index < -0.39 is 5.97 Å². The highest BCUT2D eigenvalue weighted by molar-refractivity contribution is 9.10. The largest absolute Gasteiger partial charge is 0.494 e. The lowest BCUT2D eigenvalue weighted by Crippen LogP contribution is -2.12. The monoisotopic (exact) mass is 513 g/mol. The molecule has 1 N–H and O–H groups in total. The van der Waals surface area contributed by atoms with E-state index in [0.717, 1.165) is 33.3 Å². The first kappa shape index (κ1) is 23.8. The van der Waals surface area contributed by atoms with E-state index in [2.05, 4.69) is 28.2 Å². The summed E-state index contributed by atoms with van der Waals surface area (Å²) in [5.41, 5.74) is 2.83. The number of carbonyl (C=O) groups excluding carboxylic acids is 2. The fourth-order valence-electron chi connectivity index (χ4n) is 2.92. The number of halogens is 1. The Morgan fingerprint density at radius 3 is 2.44 bits per heavy atom. The summed E-state index contributed by atoms with van der Waals surface area (Å²) in [6.45, 7) is 4.73. The van der Waals surface area contributed by atoms with Crippen molar-refractivity contribution in [3.63, 3.8) is 0 Å². The number of rotatable bonds is 9. The second kappa shape index (κ2) is 11.6. The third-order valence-corrected chi connectivity index (χ3v) is 5.87. The Morgan fingerprint density at radius 2 is 1.78 bits per heavy atom. The van der Waals surface area contributed by atoms with Crippen LogP contribution in [0.25, 0.3) is 17.2 Å². The Morgan fingerprint density at radius 1 is 1.06 bits per heavy atom. The van der Waals surface area contributed by atoms with Crippen LogP contribution in [0.15, 0.2) is 64.5 Å². The molecule has 2 aromatic carbocycles. The lowest BCUT2D eigenvalue weighted by atomic mass is 10.0. The molecule has 7 heteroatoms. The van der Waals surface area contributed by atoms with Crippen LogP contribution >= 0.6 is 27.3 Å². The topological polar surface area (TPSA) is 64.6 Å². The maximum Gasteiger partial charge on any atom is 0.341 e. The number of anilines is 1. The number of ether oxygens (including phenoxy) is 2. The van der Waals surface area contributed by atoms with E-state index in [4.69, 9.17) is 9.47 Å². The van der Waals surface area contributed by atoms with Crippen LogP contribution in [0, 0.1) is 0 Å². The van der Waals surface area contributed by atoms with Crippen LogP contribution in [0.3, 0.4) is 0 Å². The molecule has 1 heterocycles. The molecule has 1 aromatic heterocycles. The predicted octanol–water partition coefficient (Wildman–Crippen LogP) is 6.80. The van der Waals surface area contributed by atoms with Gasteiger partial charge in [0.15, 0.2) is 0 Å². The van der Waals surface area contributed by atoms with Crippen molar-refractivity contribution in [1.29, 1.82) is 0 Å². The van der Waals surface area contributed by atoms with Crippen LogP contribution in [0.1, 0.15) is 36.2 Å². The molecular weight excluding hydrogens is 490 g/mol. The first-order valence-electron chi connectivity index (χ1n) is 10.3. The van der Waals surface area contributed by atoms with Gasteiger partial charge in [-0.1, -0.05) is 47.1 Å². The highest BCUT2D eigenvalue weighted by Gasteiger charge is 2.22. The van der Waals surface area contributed by atoms with E-state index in [1.807, 2.05) is 53.9 Å². The molecule has 3 rings (SSSR count). The van der Waals surface area contributed by atoms with Crippen molar-refractivity contribution in [2.24, 2.45) is 0 Å². The summed E-state index contributed by atoms with van der Waals surface area (Å²) >= 11 is 4.71. The van der Waals surface area contributed by atoms with Gasteiger partial charge < -0.3 is 14.8 Å². The van der Waals surface area contributed by atoms with Crippen LogP contribution in [0.4, 0.5) is 5.00 Å². The van der Waals surface area contributed by atoms with Crippen LogP contribution in [0.2, 0.25) is 0 Å². The van der Waals surface area contributed by atoms with Crippen LogP contribution in [-0.4, -0.2) is 25.1 Å². The van der Waals surface area contributed by atoms with Gasteiger partial charge in [-0.3, -0.25) is 4.79 Å². The first-order chi connectivity index (χ1) is 15.5. The SMILES string of the molecule is CCCOc1ccc(C=CC(=O)Nc2scc(-c3ccc(Br)cc3)c2C(=O)OCC)cc1. The van der Waals surface area contributed by atoms with Crippen molar-refractivity contribution in [3.8, 4) is 16.9 Å². The Kier molecular flexibility index (Phi) is 8.64. The van der Waals surface area contributed by atoms with E-state index in [1.165, 1.54) is 17.4 Å². The molecular formula is C25H24BrNO4S. The second-order valence-electron chi connectivity index (χ2n) is 6.82. The number of thiophene rings is 1. The number of amides is 1. The summed E-state index contributed by atoms with van der Waals surface area (Å²) < 4.78 is 11.7. The quantitative estimate of drug-likeness (QED) is 0.252. The molecule has 0 bridgehead atoms. The van der Waals surface area contributed by atoms with E-state index >= 15 is 0 Å². The first-order valence-corrected chi connectivity index (χ1v) is 12.0. The summed E-state index contributed by atoms with van der Waals surface area (Å²) in [5, 5.41) is 5.13. The molecule has 166 valence electrons. The maximum atomic E-state index is 12.6. The lowest BCUT2D eigenvalue weighted by molar-refractivity contribution is -0.111. The highest BCUT2D eigenvalue weighted by Crippen LogP contribution is 2.36. The van der Waals surface area contributed by atoms with Crippen molar-refractivity contribution < 1.29 is 19.1 Å². The zero-order chi connectivity index (χ0) is 22.9. The average Bonchev–Trinajstić information content (AvgIpc) is 3.21. The molecule has 3 aromatic rings. The molecule has 5 nitrogen and oxygen atoms in total. The van der Waals surface area contributed by atoms with Gasteiger partial charge in [0.2, 0.25) is 5.91 Å². The molecule has 0 spiro atoms. The smallest absolute Gasteiger partial charge is 0.341 e. The number of benzene rings is 2. The minimum Gasteiger partial charge on any atom is -0.494 e. The number of hydrogen-bond acceptors (Lipinski definition) is 5. The number of nitrogens with one attached hydrogen (secondary N) is 1. The van der Waals surface area contributed by atoms with Crippen molar-refractivity contribution in [2.75, 3.05) is 18.5 Å². The van der Waals surface area contributed by atoms with Gasteiger partial charge in [-0.25, -0.2) is 4.79 Å². The van der Waals surface area contributed by atoms with Gasteiger partial charge in [-0.05, 0) is 54.8 Å². The van der Waals surface area contributed by atoms with E-state index in [9.17, 15) is 9.59 Å². The van der Waals surface area contributed by atoms with Gasteiger partial charge in [0.1, 0.15) is 16.3 Å². The number of hydrogen-bond donors (Lipinski definition) is 1. The summed E-state index contributed by atoms with van der Waals surface area (Å²) in [7, 11) is 0. The normalized spacial score (nSPS) is 10.8. The summed E-state index contributed by atoms with van der Waals surface area (Å²) in [5.74, 6) is 0.00580. The van der Waals surface area contributed by atoms with E-state index in [1.54, 1.807) is 13.0 Å². The molecule has 32 heavy (non-hydrogen) atoms. The lowest BCUT2D eigenvalue weighted by Gasteiger charge is -2.08. The molecule has 1 amide bonds. The van der Waals surface area contributed by atoms with Crippen molar-refractivity contribution in [2.45, 2.75) is 20.3 Å². The van der Waals surface area contributed by atoms with Gasteiger partial charge >= 0.3 is 5.97 Å². The summed E-state index contributed by atoms with van der Waals surface area (Å²) in [6.07, 6.45) is 4.10. The standard InChI is InChI=1S/C25H24BrNO4S/c1-3-15-31-20-12-5-17(6-13-20)7-14-22(28)27-24-23(25(29)30-4-2)21(16-32-24)18-8-10-19(26)11-9-18/h5-14,16H,3-4,15H2,1-2H3,(H,27,28). The third kappa shape index (κ3) is 6.31. The zero-order valence-corrected chi connectivity index (χ0v) is 20.3. The molecule has 0 aliphatic rings. The van der Waals surface area contributed by atoms with Gasteiger partial charge in [-0.15, -0.1) is 11.3 Å². The van der Waals surface area contributed by atoms with E-state index in [-0.39, 0.29) is 12.5 Å². The van der Waals surface area contributed by atoms with Crippen LogP contribution in [0.5, 0.6) is 5.75 Å². The minimum absolute atomic E-state index is 0.250. The predicted molar refractivity (Wildman–Crippen MR) is 133 cm³/mol. The molecule has 0 saturated heterocycles. The second-order valence-corrected chi connectivity index (χ2v) is 8.62. The van der Waals surface area contributed by atoms with Crippen LogP contribution < -0.4 is 10.1 Å². The number of esters is 1. The molecule has 0 unspecified atom stereocenters. The molecule has 0 aliphatic carbocycles. The Balaban J connectivity index is 1.77. The van der Waals surface area contributed by atoms with Gasteiger partial charge in [0.05, 0.1) is 13.2 Å². The summed E-state index contributed by atoms with van der Waals surface area (Å²) in [6, 6.07) is 15.1.